The maximum absolute atomic E-state index is 13.0. The minimum absolute atomic E-state index is 0.0478. The predicted octanol–water partition coefficient (Wildman–Crippen LogP) is 5.98. The fraction of sp³-hybridized carbons (Fsp3) is 0.542. The topological polar surface area (TPSA) is 51.5 Å². The third-order valence-corrected chi connectivity index (χ3v) is 5.14. The van der Waals surface area contributed by atoms with E-state index in [0.717, 1.165) is 37.6 Å². The van der Waals surface area contributed by atoms with Gasteiger partial charge >= 0.3 is 0 Å². The molecule has 154 valence electrons. The van der Waals surface area contributed by atoms with Crippen LogP contribution in [0.1, 0.15) is 70.8 Å². The van der Waals surface area contributed by atoms with Gasteiger partial charge in [0, 0.05) is 11.9 Å². The van der Waals surface area contributed by atoms with Crippen molar-refractivity contribution in [1.82, 2.24) is 4.57 Å². The van der Waals surface area contributed by atoms with E-state index in [1.165, 1.54) is 31.2 Å². The van der Waals surface area contributed by atoms with Crippen molar-refractivity contribution in [2.75, 3.05) is 6.61 Å². The van der Waals surface area contributed by atoms with E-state index in [-0.39, 0.29) is 17.1 Å². The highest BCUT2D eigenvalue weighted by atomic mass is 16.5. The van der Waals surface area contributed by atoms with E-state index in [2.05, 4.69) is 20.4 Å². The van der Waals surface area contributed by atoms with Crippen molar-refractivity contribution in [3.8, 4) is 11.5 Å². The zero-order chi connectivity index (χ0) is 20.4. The first-order valence-corrected chi connectivity index (χ1v) is 10.8. The highest BCUT2D eigenvalue weighted by Gasteiger charge is 2.17. The molecule has 4 heteroatoms. The molecule has 0 saturated carbocycles. The molecule has 0 radical (unpaired) electrons. The summed E-state index contributed by atoms with van der Waals surface area (Å²) >= 11 is 0. The SMILES string of the molecule is C=CCn1c(=O)c(OCCCCCCCC)c(O)c2ccc(CCCC)cc21. The number of rotatable bonds is 13. The molecule has 0 fully saturated rings. The maximum Gasteiger partial charge on any atom is 0.297 e. The molecule has 0 aliphatic heterocycles. The van der Waals surface area contributed by atoms with E-state index >= 15 is 0 Å². The molecule has 0 amide bonds. The molecule has 4 nitrogen and oxygen atoms in total. The van der Waals surface area contributed by atoms with Crippen molar-refractivity contribution >= 4 is 10.9 Å². The second-order valence-electron chi connectivity index (χ2n) is 7.45. The molecule has 0 atom stereocenters. The van der Waals surface area contributed by atoms with Crippen LogP contribution in [0.3, 0.4) is 0 Å². The summed E-state index contributed by atoms with van der Waals surface area (Å²) in [6.07, 6.45) is 11.8. The van der Waals surface area contributed by atoms with E-state index in [1.807, 2.05) is 18.2 Å². The average molecular weight is 386 g/mol. The van der Waals surface area contributed by atoms with Gasteiger partial charge in [-0.1, -0.05) is 64.5 Å². The monoisotopic (exact) mass is 385 g/mol. The Hall–Kier alpha value is -2.23. The molecule has 0 bridgehead atoms. The summed E-state index contributed by atoms with van der Waals surface area (Å²) in [5, 5.41) is 11.4. The van der Waals surface area contributed by atoms with Crippen molar-refractivity contribution < 1.29 is 9.84 Å². The molecule has 0 aliphatic rings. The van der Waals surface area contributed by atoms with Crippen LogP contribution in [0.5, 0.6) is 11.5 Å². The fourth-order valence-corrected chi connectivity index (χ4v) is 3.49. The van der Waals surface area contributed by atoms with Crippen molar-refractivity contribution in [2.45, 2.75) is 78.2 Å². The van der Waals surface area contributed by atoms with E-state index < -0.39 is 0 Å². The van der Waals surface area contributed by atoms with Gasteiger partial charge < -0.3 is 14.4 Å². The van der Waals surface area contributed by atoms with E-state index in [9.17, 15) is 9.90 Å². The Morgan fingerprint density at radius 3 is 2.50 bits per heavy atom. The number of allylic oxidation sites excluding steroid dienone is 1. The van der Waals surface area contributed by atoms with Crippen LogP contribution in [0.4, 0.5) is 0 Å². The van der Waals surface area contributed by atoms with Crippen molar-refractivity contribution in [3.63, 3.8) is 0 Å². The Kier molecular flexibility index (Phi) is 9.12. The molecule has 2 aromatic rings. The minimum Gasteiger partial charge on any atom is -0.504 e. The van der Waals surface area contributed by atoms with Crippen LogP contribution in [0.25, 0.3) is 10.9 Å². The largest absolute Gasteiger partial charge is 0.504 e. The number of nitrogens with zero attached hydrogens (tertiary/aromatic N) is 1. The number of hydrogen-bond acceptors (Lipinski definition) is 3. The summed E-state index contributed by atoms with van der Waals surface area (Å²) < 4.78 is 7.39. The van der Waals surface area contributed by atoms with Gasteiger partial charge in [-0.15, -0.1) is 6.58 Å². The summed E-state index contributed by atoms with van der Waals surface area (Å²) in [4.78, 5) is 13.0. The third kappa shape index (κ3) is 5.63. The van der Waals surface area contributed by atoms with Gasteiger partial charge in [0.2, 0.25) is 5.75 Å². The number of ether oxygens (including phenoxy) is 1. The summed E-state index contributed by atoms with van der Waals surface area (Å²) in [6.45, 7) is 8.97. The molecule has 0 spiro atoms. The number of pyridine rings is 1. The smallest absolute Gasteiger partial charge is 0.297 e. The van der Waals surface area contributed by atoms with Crippen LogP contribution in [-0.2, 0) is 13.0 Å². The molecule has 0 aliphatic carbocycles. The second-order valence-corrected chi connectivity index (χ2v) is 7.45. The van der Waals surface area contributed by atoms with Crippen LogP contribution in [0.2, 0.25) is 0 Å². The van der Waals surface area contributed by atoms with Crippen LogP contribution in [-0.4, -0.2) is 16.3 Å². The number of hydrogen-bond donors (Lipinski definition) is 1. The Bertz CT molecular complexity index is 823. The number of fused-ring (bicyclic) bond motifs is 1. The zero-order valence-electron chi connectivity index (χ0n) is 17.5. The van der Waals surface area contributed by atoms with E-state index in [4.69, 9.17) is 4.74 Å². The molecule has 1 heterocycles. The van der Waals surface area contributed by atoms with Gasteiger partial charge in [0.25, 0.3) is 5.56 Å². The van der Waals surface area contributed by atoms with Crippen LogP contribution in [0, 0.1) is 0 Å². The lowest BCUT2D eigenvalue weighted by Crippen LogP contribution is -2.22. The summed E-state index contributed by atoms with van der Waals surface area (Å²) in [5.41, 5.74) is 1.62. The molecule has 1 N–H and O–H groups in total. The normalized spacial score (nSPS) is 11.1. The number of unbranched alkanes of at least 4 members (excludes halogenated alkanes) is 6. The number of aryl methyl sites for hydroxylation is 1. The Balaban J connectivity index is 2.24. The summed E-state index contributed by atoms with van der Waals surface area (Å²) in [7, 11) is 0. The minimum atomic E-state index is -0.288. The molecule has 1 aromatic carbocycles. The van der Waals surface area contributed by atoms with Gasteiger partial charge in [-0.2, -0.15) is 0 Å². The van der Waals surface area contributed by atoms with Crippen LogP contribution < -0.4 is 10.3 Å². The lowest BCUT2D eigenvalue weighted by atomic mass is 10.0. The van der Waals surface area contributed by atoms with Crippen molar-refractivity contribution in [2.24, 2.45) is 0 Å². The first kappa shape index (κ1) is 22.1. The fourth-order valence-electron chi connectivity index (χ4n) is 3.49. The Morgan fingerprint density at radius 1 is 1.07 bits per heavy atom. The number of benzene rings is 1. The van der Waals surface area contributed by atoms with Gasteiger partial charge in [-0.25, -0.2) is 0 Å². The lowest BCUT2D eigenvalue weighted by Gasteiger charge is -2.15. The second kappa shape index (κ2) is 11.6. The highest BCUT2D eigenvalue weighted by molar-refractivity contribution is 5.88. The summed E-state index contributed by atoms with van der Waals surface area (Å²) in [6, 6.07) is 5.93. The van der Waals surface area contributed by atoms with Gasteiger partial charge in [0.15, 0.2) is 5.75 Å². The Labute approximate surface area is 168 Å². The van der Waals surface area contributed by atoms with Crippen molar-refractivity contribution in [3.05, 3.63) is 46.8 Å². The quantitative estimate of drug-likeness (QED) is 0.341. The van der Waals surface area contributed by atoms with E-state index in [0.29, 0.717) is 18.5 Å². The van der Waals surface area contributed by atoms with Crippen molar-refractivity contribution in [1.29, 1.82) is 0 Å². The standard InChI is InChI=1S/C24H35NO3/c1-4-7-9-10-11-12-17-28-23-22(26)20-15-14-19(13-8-5-2)18-21(20)25(16-6-3)24(23)27/h6,14-15,18,26H,3-5,7-13,16-17H2,1-2H3. The Morgan fingerprint density at radius 2 is 1.79 bits per heavy atom. The van der Waals surface area contributed by atoms with E-state index in [1.54, 1.807) is 10.6 Å². The maximum atomic E-state index is 13.0. The highest BCUT2D eigenvalue weighted by Crippen LogP contribution is 2.32. The third-order valence-electron chi connectivity index (χ3n) is 5.14. The number of aromatic nitrogens is 1. The molecular weight excluding hydrogens is 350 g/mol. The van der Waals surface area contributed by atoms with Gasteiger partial charge in [0.1, 0.15) is 0 Å². The summed E-state index contributed by atoms with van der Waals surface area (Å²) in [5.74, 6) is 0.0116. The first-order valence-electron chi connectivity index (χ1n) is 10.8. The van der Waals surface area contributed by atoms with Gasteiger partial charge in [-0.05, 0) is 37.0 Å². The number of aromatic hydroxyl groups is 1. The lowest BCUT2D eigenvalue weighted by molar-refractivity contribution is 0.284. The van der Waals surface area contributed by atoms with Crippen LogP contribution in [0.15, 0.2) is 35.6 Å². The average Bonchev–Trinajstić information content (AvgIpc) is 2.70. The molecule has 0 unspecified atom stereocenters. The molecule has 2 rings (SSSR count). The van der Waals surface area contributed by atoms with Gasteiger partial charge in [-0.3, -0.25) is 4.79 Å². The molecule has 1 aromatic heterocycles. The molecular formula is C24H35NO3. The zero-order valence-corrected chi connectivity index (χ0v) is 17.5. The predicted molar refractivity (Wildman–Crippen MR) is 118 cm³/mol. The first-order chi connectivity index (χ1) is 13.6. The molecule has 28 heavy (non-hydrogen) atoms. The van der Waals surface area contributed by atoms with Crippen LogP contribution >= 0.6 is 0 Å². The molecule has 0 saturated heterocycles. The van der Waals surface area contributed by atoms with Gasteiger partial charge in [0.05, 0.1) is 12.1 Å².